The molecule has 132 valence electrons. The Morgan fingerprint density at radius 3 is 2.77 bits per heavy atom. The van der Waals surface area contributed by atoms with Gasteiger partial charge in [0.1, 0.15) is 11.6 Å². The fourth-order valence-electron chi connectivity index (χ4n) is 3.26. The second-order valence-corrected chi connectivity index (χ2v) is 7.03. The van der Waals surface area contributed by atoms with E-state index in [1.807, 2.05) is 47.1 Å². The average Bonchev–Trinajstić information content (AvgIpc) is 3.25. The van der Waals surface area contributed by atoms with Gasteiger partial charge in [0.05, 0.1) is 24.1 Å². The number of carbonyl (C=O) groups is 1. The molecule has 1 N–H and O–H groups in total. The van der Waals surface area contributed by atoms with Gasteiger partial charge in [-0.05, 0) is 65.5 Å². The first-order chi connectivity index (χ1) is 12.7. The highest BCUT2D eigenvalue weighted by molar-refractivity contribution is 9.10. The predicted octanol–water partition coefficient (Wildman–Crippen LogP) is 4.38. The molecule has 0 radical (unpaired) electrons. The van der Waals surface area contributed by atoms with Gasteiger partial charge in [-0.2, -0.15) is 5.10 Å². The Morgan fingerprint density at radius 2 is 2.00 bits per heavy atom. The van der Waals surface area contributed by atoms with E-state index in [1.54, 1.807) is 13.2 Å². The zero-order valence-corrected chi connectivity index (χ0v) is 15.9. The minimum Gasteiger partial charge on any atom is -0.497 e. The Hall–Kier alpha value is -2.60. The smallest absolute Gasteiger partial charge is 0.258 e. The van der Waals surface area contributed by atoms with Crippen LogP contribution in [0.25, 0.3) is 5.69 Å². The number of amides is 1. The topological polar surface area (TPSA) is 56.1 Å². The van der Waals surface area contributed by atoms with Crippen LogP contribution in [0.1, 0.15) is 28.0 Å². The largest absolute Gasteiger partial charge is 0.497 e. The molecule has 1 amide bonds. The van der Waals surface area contributed by atoms with Crippen molar-refractivity contribution < 1.29 is 9.53 Å². The third-order valence-electron chi connectivity index (χ3n) is 4.56. The Labute approximate surface area is 160 Å². The van der Waals surface area contributed by atoms with E-state index in [9.17, 15) is 4.79 Å². The molecule has 0 saturated carbocycles. The van der Waals surface area contributed by atoms with Crippen molar-refractivity contribution in [2.24, 2.45) is 0 Å². The fourth-order valence-corrected chi connectivity index (χ4v) is 3.68. The summed E-state index contributed by atoms with van der Waals surface area (Å²) >= 11 is 3.45. The number of nitrogens with zero attached hydrogens (tertiary/aromatic N) is 2. The summed E-state index contributed by atoms with van der Waals surface area (Å²) in [7, 11) is 1.59. The van der Waals surface area contributed by atoms with Crippen LogP contribution in [-0.4, -0.2) is 22.8 Å². The predicted molar refractivity (Wildman–Crippen MR) is 104 cm³/mol. The molecule has 26 heavy (non-hydrogen) atoms. The molecule has 0 bridgehead atoms. The quantitative estimate of drug-likeness (QED) is 0.692. The lowest BCUT2D eigenvalue weighted by molar-refractivity contribution is 0.102. The summed E-state index contributed by atoms with van der Waals surface area (Å²) in [5, 5.41) is 7.80. The van der Waals surface area contributed by atoms with Crippen LogP contribution in [0.3, 0.4) is 0 Å². The third-order valence-corrected chi connectivity index (χ3v) is 5.25. The first kappa shape index (κ1) is 16.8. The highest BCUT2D eigenvalue weighted by atomic mass is 79.9. The van der Waals surface area contributed by atoms with Crippen LogP contribution in [0, 0.1) is 0 Å². The van der Waals surface area contributed by atoms with Gasteiger partial charge in [0, 0.05) is 10.0 Å². The van der Waals surface area contributed by atoms with Gasteiger partial charge in [-0.15, -0.1) is 0 Å². The summed E-state index contributed by atoms with van der Waals surface area (Å²) in [6.07, 6.45) is 2.94. The van der Waals surface area contributed by atoms with Gasteiger partial charge in [0.2, 0.25) is 0 Å². The van der Waals surface area contributed by atoms with Crippen molar-refractivity contribution in [2.75, 3.05) is 12.4 Å². The first-order valence-corrected chi connectivity index (χ1v) is 9.28. The van der Waals surface area contributed by atoms with Crippen LogP contribution in [-0.2, 0) is 12.8 Å². The number of aromatic nitrogens is 2. The molecule has 1 aromatic heterocycles. The summed E-state index contributed by atoms with van der Waals surface area (Å²) in [6, 6.07) is 15.2. The number of benzene rings is 2. The molecule has 5 nitrogen and oxygen atoms in total. The second-order valence-electron chi connectivity index (χ2n) is 6.17. The summed E-state index contributed by atoms with van der Waals surface area (Å²) in [5.74, 6) is 1.20. The maximum Gasteiger partial charge on any atom is 0.258 e. The van der Waals surface area contributed by atoms with E-state index in [4.69, 9.17) is 9.84 Å². The number of nitrogens with one attached hydrogen (secondary N) is 1. The number of ether oxygens (including phenoxy) is 1. The SMILES string of the molecule is COc1ccc(Br)c(C(=O)Nc2c3c(nn2-c2ccccc2)CCC3)c1. The van der Waals surface area contributed by atoms with E-state index in [-0.39, 0.29) is 5.91 Å². The van der Waals surface area contributed by atoms with Gasteiger partial charge in [0.25, 0.3) is 5.91 Å². The van der Waals surface area contributed by atoms with Crippen molar-refractivity contribution in [3.8, 4) is 11.4 Å². The number of hydrogen-bond acceptors (Lipinski definition) is 3. The molecule has 0 atom stereocenters. The van der Waals surface area contributed by atoms with Gasteiger partial charge in [0.15, 0.2) is 0 Å². The molecule has 4 rings (SSSR count). The van der Waals surface area contributed by atoms with Crippen LogP contribution in [0.5, 0.6) is 5.75 Å². The standard InChI is InChI=1S/C20H18BrN3O2/c1-26-14-10-11-17(21)16(12-14)20(25)22-19-15-8-5-9-18(15)23-24(19)13-6-3-2-4-7-13/h2-4,6-7,10-12H,5,8-9H2,1H3,(H,22,25). The Balaban J connectivity index is 1.74. The molecule has 0 saturated heterocycles. The molecular formula is C20H18BrN3O2. The number of rotatable bonds is 4. The first-order valence-electron chi connectivity index (χ1n) is 8.48. The summed E-state index contributed by atoms with van der Waals surface area (Å²) in [4.78, 5) is 12.9. The molecule has 6 heteroatoms. The summed E-state index contributed by atoms with van der Waals surface area (Å²) in [5.41, 5.74) is 3.65. The number of aryl methyl sites for hydroxylation is 1. The lowest BCUT2D eigenvalue weighted by Crippen LogP contribution is -2.17. The maximum absolute atomic E-state index is 12.9. The normalized spacial score (nSPS) is 12.7. The molecule has 1 aliphatic rings. The maximum atomic E-state index is 12.9. The minimum atomic E-state index is -0.192. The molecule has 3 aromatic rings. The number of carbonyl (C=O) groups excluding carboxylic acids is 1. The number of halogens is 1. The lowest BCUT2D eigenvalue weighted by atomic mass is 10.2. The fraction of sp³-hybridized carbons (Fsp3) is 0.200. The van der Waals surface area contributed by atoms with Crippen LogP contribution < -0.4 is 10.1 Å². The van der Waals surface area contributed by atoms with Gasteiger partial charge < -0.3 is 10.1 Å². The monoisotopic (exact) mass is 411 g/mol. The van der Waals surface area contributed by atoms with Crippen molar-refractivity contribution in [3.05, 3.63) is 69.8 Å². The summed E-state index contributed by atoms with van der Waals surface area (Å²) in [6.45, 7) is 0. The van der Waals surface area contributed by atoms with E-state index in [2.05, 4.69) is 21.2 Å². The van der Waals surface area contributed by atoms with Crippen LogP contribution in [0.2, 0.25) is 0 Å². The Kier molecular flexibility index (Phi) is 4.51. The zero-order valence-electron chi connectivity index (χ0n) is 14.3. The Bertz CT molecular complexity index is 967. The van der Waals surface area contributed by atoms with E-state index in [1.165, 1.54) is 0 Å². The van der Waals surface area contributed by atoms with Crippen molar-refractivity contribution in [1.82, 2.24) is 9.78 Å². The van der Waals surface area contributed by atoms with Crippen LogP contribution in [0.4, 0.5) is 5.82 Å². The number of anilines is 1. The third kappa shape index (κ3) is 3.01. The lowest BCUT2D eigenvalue weighted by Gasteiger charge is -2.12. The van der Waals surface area contributed by atoms with Crippen molar-refractivity contribution in [2.45, 2.75) is 19.3 Å². The van der Waals surface area contributed by atoms with E-state index < -0.39 is 0 Å². The van der Waals surface area contributed by atoms with Crippen molar-refractivity contribution in [3.63, 3.8) is 0 Å². The van der Waals surface area contributed by atoms with Gasteiger partial charge in [-0.1, -0.05) is 18.2 Å². The summed E-state index contributed by atoms with van der Waals surface area (Å²) < 4.78 is 7.79. The second kappa shape index (κ2) is 6.96. The van der Waals surface area contributed by atoms with Crippen molar-refractivity contribution in [1.29, 1.82) is 0 Å². The van der Waals surface area contributed by atoms with Gasteiger partial charge in [-0.3, -0.25) is 4.79 Å². The minimum absolute atomic E-state index is 0.192. The molecular weight excluding hydrogens is 394 g/mol. The molecule has 0 unspecified atom stereocenters. The number of para-hydroxylation sites is 1. The van der Waals surface area contributed by atoms with E-state index in [0.717, 1.165) is 46.5 Å². The zero-order chi connectivity index (χ0) is 18.1. The molecule has 0 aliphatic heterocycles. The van der Waals surface area contributed by atoms with E-state index >= 15 is 0 Å². The molecule has 1 heterocycles. The number of hydrogen-bond donors (Lipinski definition) is 1. The average molecular weight is 412 g/mol. The van der Waals surface area contributed by atoms with Crippen LogP contribution in [0.15, 0.2) is 53.0 Å². The number of fused-ring (bicyclic) bond motifs is 1. The van der Waals surface area contributed by atoms with Crippen molar-refractivity contribution >= 4 is 27.7 Å². The number of methoxy groups -OCH3 is 1. The van der Waals surface area contributed by atoms with E-state index in [0.29, 0.717) is 11.3 Å². The van der Waals surface area contributed by atoms with Gasteiger partial charge >= 0.3 is 0 Å². The highest BCUT2D eigenvalue weighted by Gasteiger charge is 2.25. The molecule has 2 aromatic carbocycles. The van der Waals surface area contributed by atoms with Gasteiger partial charge in [-0.25, -0.2) is 4.68 Å². The van der Waals surface area contributed by atoms with Crippen LogP contribution >= 0.6 is 15.9 Å². The Morgan fingerprint density at radius 1 is 1.19 bits per heavy atom. The molecule has 0 spiro atoms. The highest BCUT2D eigenvalue weighted by Crippen LogP contribution is 2.32. The molecule has 0 fully saturated rings. The molecule has 1 aliphatic carbocycles.